The molecule has 0 radical (unpaired) electrons. The van der Waals surface area contributed by atoms with Gasteiger partial charge in [-0.1, -0.05) is 11.6 Å². The van der Waals surface area contributed by atoms with Crippen LogP contribution in [0.5, 0.6) is 11.5 Å². The third-order valence-electron chi connectivity index (χ3n) is 3.85. The Hall–Kier alpha value is -1.01. The summed E-state index contributed by atoms with van der Waals surface area (Å²) in [6.07, 6.45) is 1.11. The molecule has 0 spiro atoms. The van der Waals surface area contributed by atoms with Gasteiger partial charge in [-0.3, -0.25) is 4.90 Å². The number of ether oxygens (including phenoxy) is 3. The minimum atomic E-state index is 0.599. The van der Waals surface area contributed by atoms with E-state index in [1.54, 1.807) is 13.2 Å². The summed E-state index contributed by atoms with van der Waals surface area (Å²) in [7, 11) is 1.63. The maximum absolute atomic E-state index is 6.16. The van der Waals surface area contributed by atoms with Crippen LogP contribution in [-0.4, -0.2) is 58.0 Å². The van der Waals surface area contributed by atoms with E-state index < -0.39 is 0 Å². The summed E-state index contributed by atoms with van der Waals surface area (Å²) < 4.78 is 16.4. The van der Waals surface area contributed by atoms with Crippen LogP contribution in [0.3, 0.4) is 0 Å². The van der Waals surface area contributed by atoms with E-state index in [0.717, 1.165) is 63.7 Å². The zero-order valence-corrected chi connectivity index (χ0v) is 14.8. The molecule has 1 aliphatic heterocycles. The molecular formula is C17H27ClN2O3. The number of methoxy groups -OCH3 is 1. The molecule has 23 heavy (non-hydrogen) atoms. The van der Waals surface area contributed by atoms with E-state index in [4.69, 9.17) is 25.8 Å². The van der Waals surface area contributed by atoms with Crippen molar-refractivity contribution in [2.24, 2.45) is 0 Å². The Bertz CT molecular complexity index is 479. The van der Waals surface area contributed by atoms with Crippen molar-refractivity contribution in [1.29, 1.82) is 0 Å². The molecular weight excluding hydrogens is 316 g/mol. The number of morpholine rings is 1. The molecule has 1 saturated heterocycles. The van der Waals surface area contributed by atoms with Crippen LogP contribution in [-0.2, 0) is 11.3 Å². The molecule has 5 nitrogen and oxygen atoms in total. The molecule has 0 aliphatic carbocycles. The Morgan fingerprint density at radius 1 is 1.30 bits per heavy atom. The van der Waals surface area contributed by atoms with Crippen LogP contribution in [0, 0.1) is 0 Å². The summed E-state index contributed by atoms with van der Waals surface area (Å²) in [5.41, 5.74) is 1.03. The van der Waals surface area contributed by atoms with Crippen molar-refractivity contribution in [3.63, 3.8) is 0 Å². The Balaban J connectivity index is 1.80. The predicted octanol–water partition coefficient (Wildman–Crippen LogP) is 2.56. The number of hydrogen-bond acceptors (Lipinski definition) is 5. The number of benzene rings is 1. The number of hydrogen-bond donors (Lipinski definition) is 1. The highest BCUT2D eigenvalue weighted by molar-refractivity contribution is 6.30. The van der Waals surface area contributed by atoms with Gasteiger partial charge in [0.15, 0.2) is 11.5 Å². The van der Waals surface area contributed by atoms with Crippen molar-refractivity contribution in [1.82, 2.24) is 10.2 Å². The fourth-order valence-electron chi connectivity index (χ4n) is 2.69. The van der Waals surface area contributed by atoms with Crippen LogP contribution < -0.4 is 14.8 Å². The van der Waals surface area contributed by atoms with Gasteiger partial charge in [0.2, 0.25) is 0 Å². The Morgan fingerprint density at radius 3 is 2.78 bits per heavy atom. The molecule has 0 atom stereocenters. The van der Waals surface area contributed by atoms with Gasteiger partial charge >= 0.3 is 0 Å². The lowest BCUT2D eigenvalue weighted by Gasteiger charge is -2.26. The molecule has 1 N–H and O–H groups in total. The summed E-state index contributed by atoms with van der Waals surface area (Å²) in [5, 5.41) is 4.13. The van der Waals surface area contributed by atoms with Crippen LogP contribution in [0.2, 0.25) is 5.02 Å². The number of rotatable bonds is 9. The Morgan fingerprint density at radius 2 is 2.09 bits per heavy atom. The van der Waals surface area contributed by atoms with Gasteiger partial charge in [-0.05, 0) is 32.5 Å². The first-order valence-corrected chi connectivity index (χ1v) is 8.62. The summed E-state index contributed by atoms with van der Waals surface area (Å²) >= 11 is 6.16. The normalized spacial score (nSPS) is 15.6. The third-order valence-corrected chi connectivity index (χ3v) is 4.07. The van der Waals surface area contributed by atoms with E-state index >= 15 is 0 Å². The minimum Gasteiger partial charge on any atom is -0.493 e. The van der Waals surface area contributed by atoms with Gasteiger partial charge in [-0.15, -0.1) is 0 Å². The van der Waals surface area contributed by atoms with Gasteiger partial charge in [0, 0.05) is 36.3 Å². The van der Waals surface area contributed by atoms with Crippen molar-refractivity contribution in [2.75, 3.05) is 53.1 Å². The zero-order valence-electron chi connectivity index (χ0n) is 14.1. The fraction of sp³-hybridized carbons (Fsp3) is 0.647. The van der Waals surface area contributed by atoms with Crippen molar-refractivity contribution >= 4 is 11.6 Å². The first-order chi connectivity index (χ1) is 11.2. The van der Waals surface area contributed by atoms with E-state index in [-0.39, 0.29) is 0 Å². The van der Waals surface area contributed by atoms with Gasteiger partial charge in [0.05, 0.1) is 26.9 Å². The van der Waals surface area contributed by atoms with Crippen molar-refractivity contribution < 1.29 is 14.2 Å². The number of halogens is 1. The standard InChI is InChI=1S/C17H27ClN2O3/c1-3-23-17-14(11-15(18)12-16(17)21-2)13-19-5-4-6-20-7-9-22-10-8-20/h11-12,19H,3-10,13H2,1-2H3. The third kappa shape index (κ3) is 5.84. The van der Waals surface area contributed by atoms with E-state index in [9.17, 15) is 0 Å². The van der Waals surface area contributed by atoms with Crippen molar-refractivity contribution in [2.45, 2.75) is 19.9 Å². The lowest BCUT2D eigenvalue weighted by molar-refractivity contribution is 0.0374. The van der Waals surface area contributed by atoms with Crippen molar-refractivity contribution in [3.05, 3.63) is 22.7 Å². The fourth-order valence-corrected chi connectivity index (χ4v) is 2.92. The maximum atomic E-state index is 6.16. The molecule has 1 aliphatic rings. The molecule has 0 bridgehead atoms. The second kappa shape index (κ2) is 9.98. The van der Waals surface area contributed by atoms with Crippen molar-refractivity contribution in [3.8, 4) is 11.5 Å². The lowest BCUT2D eigenvalue weighted by Crippen LogP contribution is -2.37. The summed E-state index contributed by atoms with van der Waals surface area (Å²) in [5.74, 6) is 1.46. The van der Waals surface area contributed by atoms with Gasteiger partial charge < -0.3 is 19.5 Å². The lowest BCUT2D eigenvalue weighted by atomic mass is 10.1. The average molecular weight is 343 g/mol. The van der Waals surface area contributed by atoms with Crippen LogP contribution in [0.1, 0.15) is 18.9 Å². The summed E-state index contributed by atoms with van der Waals surface area (Å²) in [6, 6.07) is 3.72. The van der Waals surface area contributed by atoms with E-state index in [2.05, 4.69) is 10.2 Å². The van der Waals surface area contributed by atoms with Gasteiger partial charge in [0.1, 0.15) is 0 Å². The Labute approximate surface area is 143 Å². The van der Waals surface area contributed by atoms with E-state index in [0.29, 0.717) is 17.4 Å². The first-order valence-electron chi connectivity index (χ1n) is 8.24. The quantitative estimate of drug-likeness (QED) is 0.699. The average Bonchev–Trinajstić information content (AvgIpc) is 2.57. The molecule has 2 rings (SSSR count). The van der Waals surface area contributed by atoms with Crippen LogP contribution in [0.4, 0.5) is 0 Å². The zero-order chi connectivity index (χ0) is 16.5. The number of nitrogens with zero attached hydrogens (tertiary/aromatic N) is 1. The molecule has 0 aromatic heterocycles. The monoisotopic (exact) mass is 342 g/mol. The summed E-state index contributed by atoms with van der Waals surface area (Å²) in [4.78, 5) is 2.44. The molecule has 130 valence electrons. The van der Waals surface area contributed by atoms with E-state index in [1.165, 1.54) is 0 Å². The highest BCUT2D eigenvalue weighted by atomic mass is 35.5. The van der Waals surface area contributed by atoms with Gasteiger partial charge in [0.25, 0.3) is 0 Å². The maximum Gasteiger partial charge on any atom is 0.165 e. The predicted molar refractivity (Wildman–Crippen MR) is 92.8 cm³/mol. The molecule has 1 aromatic rings. The largest absolute Gasteiger partial charge is 0.493 e. The number of nitrogens with one attached hydrogen (secondary N) is 1. The van der Waals surface area contributed by atoms with Crippen LogP contribution in [0.15, 0.2) is 12.1 Å². The van der Waals surface area contributed by atoms with Gasteiger partial charge in [-0.2, -0.15) is 0 Å². The molecule has 1 fully saturated rings. The highest BCUT2D eigenvalue weighted by Crippen LogP contribution is 2.34. The topological polar surface area (TPSA) is 43.0 Å². The molecule has 0 amide bonds. The second-order valence-corrected chi connectivity index (χ2v) is 5.95. The molecule has 1 aromatic carbocycles. The molecule has 6 heteroatoms. The summed E-state index contributed by atoms with van der Waals surface area (Å²) in [6.45, 7) is 9.14. The van der Waals surface area contributed by atoms with E-state index in [1.807, 2.05) is 13.0 Å². The molecule has 1 heterocycles. The van der Waals surface area contributed by atoms with Crippen LogP contribution >= 0.6 is 11.6 Å². The smallest absolute Gasteiger partial charge is 0.165 e. The van der Waals surface area contributed by atoms with Crippen LogP contribution in [0.25, 0.3) is 0 Å². The first kappa shape index (κ1) is 18.3. The molecule has 0 unspecified atom stereocenters. The van der Waals surface area contributed by atoms with Gasteiger partial charge in [-0.25, -0.2) is 0 Å². The highest BCUT2D eigenvalue weighted by Gasteiger charge is 2.13. The molecule has 0 saturated carbocycles. The minimum absolute atomic E-state index is 0.599. The SMILES string of the molecule is CCOc1c(CNCCCN2CCOCC2)cc(Cl)cc1OC. The second-order valence-electron chi connectivity index (χ2n) is 5.51. The Kier molecular flexibility index (Phi) is 7.95.